The molecule has 0 bridgehead atoms. The Kier molecular flexibility index (Phi) is 6.49. The van der Waals surface area contributed by atoms with E-state index in [1.54, 1.807) is 0 Å². The number of anilines is 1. The fraction of sp³-hybridized carbons (Fsp3) is 0.619. The van der Waals surface area contributed by atoms with Crippen molar-refractivity contribution in [3.8, 4) is 0 Å². The first kappa shape index (κ1) is 20.7. The first-order valence-electron chi connectivity index (χ1n) is 10.6. The molecule has 2 fully saturated rings. The van der Waals surface area contributed by atoms with E-state index < -0.39 is 9.84 Å². The summed E-state index contributed by atoms with van der Waals surface area (Å²) in [5, 5.41) is 7.31. The smallest absolute Gasteiger partial charge is 0.224 e. The number of rotatable bonds is 4. The summed E-state index contributed by atoms with van der Waals surface area (Å²) < 4.78 is 23.3. The van der Waals surface area contributed by atoms with Gasteiger partial charge in [-0.05, 0) is 30.5 Å². The van der Waals surface area contributed by atoms with E-state index in [1.165, 1.54) is 43.9 Å². The van der Waals surface area contributed by atoms with Crippen LogP contribution in [0.1, 0.15) is 50.5 Å². The number of carbonyl (C=O) groups is 1. The Morgan fingerprint density at radius 1 is 1.03 bits per heavy atom. The summed E-state index contributed by atoms with van der Waals surface area (Å²) in [7, 11) is -2.93. The van der Waals surface area contributed by atoms with Gasteiger partial charge in [-0.3, -0.25) is 9.79 Å². The monoisotopic (exact) mass is 435 g/mol. The van der Waals surface area contributed by atoms with E-state index in [1.807, 2.05) is 24.3 Å². The minimum absolute atomic E-state index is 0.0405. The predicted molar refractivity (Wildman–Crippen MR) is 119 cm³/mol. The van der Waals surface area contributed by atoms with Crippen molar-refractivity contribution in [3.05, 3.63) is 29.8 Å². The van der Waals surface area contributed by atoms with Crippen LogP contribution in [-0.2, 0) is 21.1 Å². The molecule has 1 aliphatic carbocycles. The first-order valence-corrected chi connectivity index (χ1v) is 13.3. The second kappa shape index (κ2) is 9.08. The van der Waals surface area contributed by atoms with Gasteiger partial charge in [0.05, 0.1) is 24.0 Å². The number of hydrogen-bond acceptors (Lipinski definition) is 6. The molecule has 1 aromatic carbocycles. The van der Waals surface area contributed by atoms with Gasteiger partial charge in [0.15, 0.2) is 15.0 Å². The first-order chi connectivity index (χ1) is 14.0. The summed E-state index contributed by atoms with van der Waals surface area (Å²) in [5.74, 6) is 0.470. The SMILES string of the molecule is O=C(Cc1ccc(NC2=N[C@@H]3CS(=O)(=O)C[C@@H]3S2)cc1)NC1CCCCCCC1. The third-order valence-electron chi connectivity index (χ3n) is 5.86. The number of benzene rings is 1. The van der Waals surface area contributed by atoms with Crippen molar-refractivity contribution in [1.29, 1.82) is 0 Å². The van der Waals surface area contributed by atoms with Crippen LogP contribution < -0.4 is 10.6 Å². The van der Waals surface area contributed by atoms with E-state index >= 15 is 0 Å². The number of thioether (sulfide) groups is 1. The summed E-state index contributed by atoms with van der Waals surface area (Å²) in [6, 6.07) is 8.03. The Bertz CT molecular complexity index is 860. The zero-order valence-electron chi connectivity index (χ0n) is 16.6. The molecule has 1 amide bonds. The molecule has 1 aromatic rings. The Labute approximate surface area is 177 Å². The highest BCUT2D eigenvalue weighted by atomic mass is 32.2. The summed E-state index contributed by atoms with van der Waals surface area (Å²) in [6.07, 6.45) is 8.89. The van der Waals surface area contributed by atoms with E-state index in [0.717, 1.165) is 29.3 Å². The Balaban J connectivity index is 1.26. The molecule has 158 valence electrons. The van der Waals surface area contributed by atoms with E-state index in [-0.39, 0.29) is 28.7 Å². The zero-order chi connectivity index (χ0) is 20.3. The number of amidine groups is 1. The van der Waals surface area contributed by atoms with Gasteiger partial charge in [0, 0.05) is 17.0 Å². The standard InChI is InChI=1S/C21H29N3O3S2/c25-20(22-16-6-4-2-1-3-5-7-16)12-15-8-10-17(11-9-15)23-21-24-18-13-29(26,27)14-19(18)28-21/h8-11,16,18-19H,1-7,12-14H2,(H,22,25)(H,23,24)/t18-,19+/m1/s1. The summed E-state index contributed by atoms with van der Waals surface area (Å²) in [5.41, 5.74) is 1.89. The maximum absolute atomic E-state index is 12.4. The van der Waals surface area contributed by atoms with E-state index in [0.29, 0.717) is 12.5 Å². The summed E-state index contributed by atoms with van der Waals surface area (Å²) >= 11 is 1.51. The highest BCUT2D eigenvalue weighted by Crippen LogP contribution is 2.34. The maximum Gasteiger partial charge on any atom is 0.224 e. The van der Waals surface area contributed by atoms with Crippen molar-refractivity contribution >= 4 is 38.4 Å². The van der Waals surface area contributed by atoms with E-state index in [2.05, 4.69) is 15.6 Å². The molecule has 0 spiro atoms. The molecule has 2 aliphatic heterocycles. The van der Waals surface area contributed by atoms with Gasteiger partial charge in [0.1, 0.15) is 0 Å². The number of carbonyl (C=O) groups excluding carboxylic acids is 1. The van der Waals surface area contributed by atoms with Crippen LogP contribution in [0.4, 0.5) is 5.69 Å². The molecule has 2 atom stereocenters. The molecular formula is C21H29N3O3S2. The van der Waals surface area contributed by atoms with Crippen LogP contribution in [0.15, 0.2) is 29.3 Å². The van der Waals surface area contributed by atoms with Crippen molar-refractivity contribution in [2.75, 3.05) is 16.8 Å². The molecule has 2 heterocycles. The van der Waals surface area contributed by atoms with Gasteiger partial charge in [-0.15, -0.1) is 0 Å². The van der Waals surface area contributed by atoms with Gasteiger partial charge in [-0.1, -0.05) is 56.0 Å². The van der Waals surface area contributed by atoms with Gasteiger partial charge < -0.3 is 10.6 Å². The average Bonchev–Trinajstić information content (AvgIpc) is 3.11. The molecule has 1 saturated carbocycles. The highest BCUT2D eigenvalue weighted by Gasteiger charge is 2.42. The lowest BCUT2D eigenvalue weighted by atomic mass is 9.96. The molecule has 4 rings (SSSR count). The number of aliphatic imine (C=N–C) groups is 1. The van der Waals surface area contributed by atoms with E-state index in [9.17, 15) is 13.2 Å². The molecule has 6 nitrogen and oxygen atoms in total. The molecule has 0 unspecified atom stereocenters. The third-order valence-corrected chi connectivity index (χ3v) is 9.00. The summed E-state index contributed by atoms with van der Waals surface area (Å²) in [4.78, 5) is 16.9. The molecule has 0 radical (unpaired) electrons. The molecule has 2 N–H and O–H groups in total. The fourth-order valence-electron chi connectivity index (χ4n) is 4.31. The normalized spacial score (nSPS) is 26.8. The molecule has 29 heavy (non-hydrogen) atoms. The fourth-order valence-corrected chi connectivity index (χ4v) is 7.99. The largest absolute Gasteiger partial charge is 0.353 e. The lowest BCUT2D eigenvalue weighted by Gasteiger charge is -2.21. The third kappa shape index (κ3) is 5.75. The van der Waals surface area contributed by atoms with Crippen molar-refractivity contribution in [2.24, 2.45) is 4.99 Å². The molecule has 8 heteroatoms. The van der Waals surface area contributed by atoms with Crippen LogP contribution in [0.25, 0.3) is 0 Å². The molecule has 3 aliphatic rings. The average molecular weight is 436 g/mol. The van der Waals surface area contributed by atoms with Gasteiger partial charge in [-0.2, -0.15) is 0 Å². The Morgan fingerprint density at radius 3 is 2.41 bits per heavy atom. The lowest BCUT2D eigenvalue weighted by Crippen LogP contribution is -2.36. The Morgan fingerprint density at radius 2 is 1.72 bits per heavy atom. The molecule has 0 aromatic heterocycles. The summed E-state index contributed by atoms with van der Waals surface area (Å²) in [6.45, 7) is 0. The maximum atomic E-state index is 12.4. The number of sulfone groups is 1. The second-order valence-corrected chi connectivity index (χ2v) is 11.7. The second-order valence-electron chi connectivity index (χ2n) is 8.34. The molecule has 1 saturated heterocycles. The van der Waals surface area contributed by atoms with Gasteiger partial charge >= 0.3 is 0 Å². The number of nitrogens with zero attached hydrogens (tertiary/aromatic N) is 1. The van der Waals surface area contributed by atoms with Gasteiger partial charge in [0.25, 0.3) is 0 Å². The molecular weight excluding hydrogens is 406 g/mol. The van der Waals surface area contributed by atoms with Crippen molar-refractivity contribution in [1.82, 2.24) is 5.32 Å². The quantitative estimate of drug-likeness (QED) is 0.759. The zero-order valence-corrected chi connectivity index (χ0v) is 18.2. The van der Waals surface area contributed by atoms with E-state index in [4.69, 9.17) is 0 Å². The number of fused-ring (bicyclic) bond motifs is 1. The number of hydrogen-bond donors (Lipinski definition) is 2. The minimum atomic E-state index is -2.93. The van der Waals surface area contributed by atoms with Crippen molar-refractivity contribution in [2.45, 2.75) is 68.7 Å². The van der Waals surface area contributed by atoms with Gasteiger partial charge in [0.2, 0.25) is 5.91 Å². The minimum Gasteiger partial charge on any atom is -0.353 e. The van der Waals surface area contributed by atoms with Crippen LogP contribution in [-0.4, -0.2) is 48.3 Å². The van der Waals surface area contributed by atoms with Crippen LogP contribution in [0.3, 0.4) is 0 Å². The van der Waals surface area contributed by atoms with Crippen LogP contribution >= 0.6 is 11.8 Å². The topological polar surface area (TPSA) is 87.6 Å². The van der Waals surface area contributed by atoms with Crippen molar-refractivity contribution in [3.63, 3.8) is 0 Å². The van der Waals surface area contributed by atoms with Crippen LogP contribution in [0.5, 0.6) is 0 Å². The number of amides is 1. The van der Waals surface area contributed by atoms with Crippen LogP contribution in [0.2, 0.25) is 0 Å². The predicted octanol–water partition coefficient (Wildman–Crippen LogP) is 3.14. The Hall–Kier alpha value is -1.54. The van der Waals surface area contributed by atoms with Crippen molar-refractivity contribution < 1.29 is 13.2 Å². The highest BCUT2D eigenvalue weighted by molar-refractivity contribution is 8.15. The lowest BCUT2D eigenvalue weighted by molar-refractivity contribution is -0.121. The number of nitrogens with one attached hydrogen (secondary N) is 2. The van der Waals surface area contributed by atoms with Crippen LogP contribution in [0, 0.1) is 0 Å². The van der Waals surface area contributed by atoms with Gasteiger partial charge in [-0.25, -0.2) is 8.42 Å².